The number of benzene rings is 1. The Morgan fingerprint density at radius 2 is 1.86 bits per heavy atom. The van der Waals surface area contributed by atoms with Gasteiger partial charge in [0.2, 0.25) is 5.76 Å². The summed E-state index contributed by atoms with van der Waals surface area (Å²) in [6.45, 7) is 4.98. The molecular formula is C15H16N2O4. The van der Waals surface area contributed by atoms with Crippen molar-refractivity contribution in [2.45, 2.75) is 26.2 Å². The van der Waals surface area contributed by atoms with E-state index in [1.807, 2.05) is 0 Å². The first-order chi connectivity index (χ1) is 9.82. The van der Waals surface area contributed by atoms with Gasteiger partial charge < -0.3 is 14.9 Å². The fourth-order valence-electron chi connectivity index (χ4n) is 1.79. The lowest BCUT2D eigenvalue weighted by atomic mass is 9.85. The number of nitrogens with one attached hydrogen (secondary N) is 1. The van der Waals surface area contributed by atoms with Crippen LogP contribution in [-0.2, 0) is 10.2 Å². The maximum atomic E-state index is 11.9. The highest BCUT2D eigenvalue weighted by atomic mass is 16.5. The number of rotatable bonds is 4. The van der Waals surface area contributed by atoms with Crippen LogP contribution in [0, 0.1) is 6.92 Å². The average Bonchev–Trinajstić information content (AvgIpc) is 2.85. The van der Waals surface area contributed by atoms with E-state index in [0.29, 0.717) is 16.8 Å². The van der Waals surface area contributed by atoms with Crippen molar-refractivity contribution in [3.05, 3.63) is 47.3 Å². The molecule has 1 amide bonds. The lowest BCUT2D eigenvalue weighted by Gasteiger charge is -2.19. The number of carboxylic acid groups (broad SMARTS) is 1. The fourth-order valence-corrected chi connectivity index (χ4v) is 1.79. The summed E-state index contributed by atoms with van der Waals surface area (Å²) in [6, 6.07) is 6.67. The summed E-state index contributed by atoms with van der Waals surface area (Å²) >= 11 is 0. The Morgan fingerprint density at radius 1 is 1.24 bits per heavy atom. The molecule has 0 spiro atoms. The van der Waals surface area contributed by atoms with Gasteiger partial charge in [0.1, 0.15) is 0 Å². The SMILES string of the molecule is Cc1cnoc1C(=O)Nc1ccc(C(C)(C)C(=O)O)cc1. The quantitative estimate of drug-likeness (QED) is 0.902. The Kier molecular flexibility index (Phi) is 3.80. The number of aromatic nitrogens is 1. The number of hydrogen-bond acceptors (Lipinski definition) is 4. The van der Waals surface area contributed by atoms with E-state index in [4.69, 9.17) is 4.52 Å². The van der Waals surface area contributed by atoms with Crippen molar-refractivity contribution in [3.63, 3.8) is 0 Å². The van der Waals surface area contributed by atoms with Gasteiger partial charge in [-0.25, -0.2) is 0 Å². The van der Waals surface area contributed by atoms with Crippen LogP contribution in [0.4, 0.5) is 5.69 Å². The number of anilines is 1. The monoisotopic (exact) mass is 288 g/mol. The van der Waals surface area contributed by atoms with Crippen LogP contribution in [-0.4, -0.2) is 22.1 Å². The number of nitrogens with zero attached hydrogens (tertiary/aromatic N) is 1. The number of carbonyl (C=O) groups is 2. The second kappa shape index (κ2) is 5.40. The van der Waals surface area contributed by atoms with Crippen molar-refractivity contribution in [3.8, 4) is 0 Å². The Hall–Kier alpha value is -2.63. The van der Waals surface area contributed by atoms with E-state index in [2.05, 4.69) is 10.5 Å². The molecule has 0 atom stereocenters. The number of carbonyl (C=O) groups excluding carboxylic acids is 1. The molecule has 0 bridgehead atoms. The summed E-state index contributed by atoms with van der Waals surface area (Å²) in [5.41, 5.74) is 0.880. The van der Waals surface area contributed by atoms with Crippen LogP contribution in [0.15, 0.2) is 35.0 Å². The van der Waals surface area contributed by atoms with Gasteiger partial charge in [-0.3, -0.25) is 9.59 Å². The Labute approximate surface area is 121 Å². The van der Waals surface area contributed by atoms with E-state index in [0.717, 1.165) is 0 Å². The molecule has 0 aliphatic carbocycles. The molecule has 0 saturated carbocycles. The van der Waals surface area contributed by atoms with Crippen molar-refractivity contribution in [2.75, 3.05) is 5.32 Å². The minimum absolute atomic E-state index is 0.157. The minimum Gasteiger partial charge on any atom is -0.481 e. The number of amides is 1. The van der Waals surface area contributed by atoms with Gasteiger partial charge in [0, 0.05) is 11.3 Å². The summed E-state index contributed by atoms with van der Waals surface area (Å²) in [5, 5.41) is 15.4. The van der Waals surface area contributed by atoms with Crippen LogP contribution >= 0.6 is 0 Å². The first kappa shape index (κ1) is 14.8. The minimum atomic E-state index is -0.982. The first-order valence-electron chi connectivity index (χ1n) is 6.39. The molecule has 1 aromatic carbocycles. The highest BCUT2D eigenvalue weighted by molar-refractivity contribution is 6.03. The molecule has 0 aliphatic rings. The molecule has 0 saturated heterocycles. The van der Waals surface area contributed by atoms with Gasteiger partial charge in [0.25, 0.3) is 5.91 Å². The molecular weight excluding hydrogens is 272 g/mol. The molecule has 6 nitrogen and oxygen atoms in total. The molecule has 1 heterocycles. The third-order valence-corrected chi connectivity index (χ3v) is 3.35. The number of carboxylic acids is 1. The van der Waals surface area contributed by atoms with Crippen LogP contribution in [0.3, 0.4) is 0 Å². The highest BCUT2D eigenvalue weighted by Crippen LogP contribution is 2.25. The molecule has 1 aromatic heterocycles. The van der Waals surface area contributed by atoms with E-state index in [9.17, 15) is 14.7 Å². The van der Waals surface area contributed by atoms with Gasteiger partial charge in [-0.1, -0.05) is 17.3 Å². The normalized spacial score (nSPS) is 11.2. The zero-order valence-corrected chi connectivity index (χ0v) is 12.0. The van der Waals surface area contributed by atoms with Crippen LogP contribution in [0.1, 0.15) is 35.5 Å². The van der Waals surface area contributed by atoms with Gasteiger partial charge in [0.05, 0.1) is 11.6 Å². The van der Waals surface area contributed by atoms with Crippen LogP contribution < -0.4 is 5.32 Å². The highest BCUT2D eigenvalue weighted by Gasteiger charge is 2.29. The predicted molar refractivity (Wildman–Crippen MR) is 76.3 cm³/mol. The number of aryl methyl sites for hydroxylation is 1. The van der Waals surface area contributed by atoms with E-state index in [1.165, 1.54) is 6.20 Å². The van der Waals surface area contributed by atoms with Crippen LogP contribution in [0.2, 0.25) is 0 Å². The second-order valence-electron chi connectivity index (χ2n) is 5.30. The lowest BCUT2D eigenvalue weighted by Crippen LogP contribution is -2.28. The molecule has 2 rings (SSSR count). The van der Waals surface area contributed by atoms with Crippen LogP contribution in [0.5, 0.6) is 0 Å². The smallest absolute Gasteiger partial charge is 0.313 e. The maximum absolute atomic E-state index is 11.9. The summed E-state index contributed by atoms with van der Waals surface area (Å²) in [6.07, 6.45) is 1.47. The zero-order valence-electron chi connectivity index (χ0n) is 12.0. The summed E-state index contributed by atoms with van der Waals surface area (Å²) < 4.78 is 4.87. The van der Waals surface area contributed by atoms with Crippen LogP contribution in [0.25, 0.3) is 0 Å². The molecule has 2 N–H and O–H groups in total. The largest absolute Gasteiger partial charge is 0.481 e. The third-order valence-electron chi connectivity index (χ3n) is 3.35. The van der Waals surface area contributed by atoms with Crippen molar-refractivity contribution < 1.29 is 19.2 Å². The summed E-state index contributed by atoms with van der Waals surface area (Å²) in [5.74, 6) is -1.14. The number of aliphatic carboxylic acids is 1. The Morgan fingerprint density at radius 3 is 2.33 bits per heavy atom. The second-order valence-corrected chi connectivity index (χ2v) is 5.30. The molecule has 0 unspecified atom stereocenters. The van der Waals surface area contributed by atoms with E-state index in [-0.39, 0.29) is 5.76 Å². The van der Waals surface area contributed by atoms with E-state index < -0.39 is 17.3 Å². The standard InChI is InChI=1S/C15H16N2O4/c1-9-8-16-21-12(9)13(18)17-11-6-4-10(5-7-11)15(2,3)14(19)20/h4-8H,1-3H3,(H,17,18)(H,19,20). The molecule has 0 aliphatic heterocycles. The van der Waals surface area contributed by atoms with Gasteiger partial charge in [-0.2, -0.15) is 0 Å². The van der Waals surface area contributed by atoms with Gasteiger partial charge in [-0.05, 0) is 38.5 Å². The van der Waals surface area contributed by atoms with Crippen molar-refractivity contribution in [1.82, 2.24) is 5.16 Å². The lowest BCUT2D eigenvalue weighted by molar-refractivity contribution is -0.142. The molecule has 0 fully saturated rings. The molecule has 6 heteroatoms. The average molecular weight is 288 g/mol. The fraction of sp³-hybridized carbons (Fsp3) is 0.267. The maximum Gasteiger partial charge on any atom is 0.313 e. The predicted octanol–water partition coefficient (Wildman–Crippen LogP) is 2.60. The Bertz CT molecular complexity index is 671. The summed E-state index contributed by atoms with van der Waals surface area (Å²) in [7, 11) is 0. The van der Waals surface area contributed by atoms with Crippen molar-refractivity contribution >= 4 is 17.6 Å². The first-order valence-corrected chi connectivity index (χ1v) is 6.39. The molecule has 0 radical (unpaired) electrons. The van der Waals surface area contributed by atoms with Gasteiger partial charge >= 0.3 is 5.97 Å². The van der Waals surface area contributed by atoms with Gasteiger partial charge in [0.15, 0.2) is 0 Å². The third kappa shape index (κ3) is 2.94. The topological polar surface area (TPSA) is 92.4 Å². The summed E-state index contributed by atoms with van der Waals surface area (Å²) in [4.78, 5) is 23.1. The Balaban J connectivity index is 2.15. The van der Waals surface area contributed by atoms with E-state index in [1.54, 1.807) is 45.0 Å². The molecule has 2 aromatic rings. The van der Waals surface area contributed by atoms with Crippen molar-refractivity contribution in [2.24, 2.45) is 0 Å². The van der Waals surface area contributed by atoms with E-state index >= 15 is 0 Å². The zero-order chi connectivity index (χ0) is 15.6. The van der Waals surface area contributed by atoms with Crippen molar-refractivity contribution in [1.29, 1.82) is 0 Å². The molecule has 110 valence electrons. The molecule has 21 heavy (non-hydrogen) atoms. The van der Waals surface area contributed by atoms with Gasteiger partial charge in [-0.15, -0.1) is 0 Å². The number of hydrogen-bond donors (Lipinski definition) is 2.